The summed E-state index contributed by atoms with van der Waals surface area (Å²) in [5.41, 5.74) is 0.603. The highest BCUT2D eigenvalue weighted by molar-refractivity contribution is 5.92. The Bertz CT molecular complexity index is 428. The number of aromatic nitrogens is 2. The second-order valence-electron chi connectivity index (χ2n) is 5.65. The van der Waals surface area contributed by atoms with Crippen LogP contribution in [0.3, 0.4) is 0 Å². The van der Waals surface area contributed by atoms with Gasteiger partial charge in [0.25, 0.3) is 5.91 Å². The van der Waals surface area contributed by atoms with Crippen LogP contribution >= 0.6 is 0 Å². The lowest BCUT2D eigenvalue weighted by atomic mass is 9.87. The van der Waals surface area contributed by atoms with Crippen LogP contribution in [0.1, 0.15) is 56.1 Å². The minimum atomic E-state index is -0.197. The molecule has 2 atom stereocenters. The number of amides is 1. The number of hydrogen-bond acceptors (Lipinski definition) is 3. The lowest BCUT2D eigenvalue weighted by molar-refractivity contribution is 0.0865. The Morgan fingerprint density at radius 2 is 2.37 bits per heavy atom. The smallest absolute Gasteiger partial charge is 0.269 e. The van der Waals surface area contributed by atoms with Crippen LogP contribution in [-0.2, 0) is 0 Å². The van der Waals surface area contributed by atoms with Crippen LogP contribution < -0.4 is 5.32 Å². The average molecular weight is 265 g/mol. The van der Waals surface area contributed by atoms with E-state index in [1.807, 2.05) is 13.8 Å². The molecule has 19 heavy (non-hydrogen) atoms. The van der Waals surface area contributed by atoms with Gasteiger partial charge in [-0.2, -0.15) is 5.10 Å². The second-order valence-corrected chi connectivity index (χ2v) is 5.65. The molecule has 1 saturated carbocycles. The molecule has 1 amide bonds. The molecule has 1 aromatic heterocycles. The Hall–Kier alpha value is -1.36. The molecule has 0 spiro atoms. The lowest BCUT2D eigenvalue weighted by Gasteiger charge is -2.25. The number of carbonyl (C=O) groups excluding carboxylic acids is 1. The van der Waals surface area contributed by atoms with Crippen LogP contribution in [0.25, 0.3) is 0 Å². The number of nitrogens with zero attached hydrogens (tertiary/aromatic N) is 2. The van der Waals surface area contributed by atoms with Crippen molar-refractivity contribution in [3.63, 3.8) is 0 Å². The summed E-state index contributed by atoms with van der Waals surface area (Å²) in [6, 6.07) is 1.91. The van der Waals surface area contributed by atoms with Crippen molar-refractivity contribution in [2.45, 2.75) is 51.7 Å². The Morgan fingerprint density at radius 3 is 3.05 bits per heavy atom. The first-order valence-corrected chi connectivity index (χ1v) is 7.07. The van der Waals surface area contributed by atoms with Gasteiger partial charge in [-0.05, 0) is 45.1 Å². The van der Waals surface area contributed by atoms with Crippen molar-refractivity contribution in [2.24, 2.45) is 5.92 Å². The molecule has 1 heterocycles. The van der Waals surface area contributed by atoms with Gasteiger partial charge in [0.15, 0.2) is 0 Å². The summed E-state index contributed by atoms with van der Waals surface area (Å²) >= 11 is 0. The molecule has 0 saturated heterocycles. The highest BCUT2D eigenvalue weighted by Gasteiger charge is 2.21. The van der Waals surface area contributed by atoms with E-state index in [-0.39, 0.29) is 18.1 Å². The lowest BCUT2D eigenvalue weighted by Crippen LogP contribution is -2.34. The third kappa shape index (κ3) is 3.56. The summed E-state index contributed by atoms with van der Waals surface area (Å²) in [5.74, 6) is 0.314. The zero-order valence-corrected chi connectivity index (χ0v) is 11.7. The molecule has 5 nitrogen and oxygen atoms in total. The molecule has 1 aliphatic carbocycles. The quantitative estimate of drug-likeness (QED) is 0.871. The number of aliphatic hydroxyl groups excluding tert-OH is 1. The largest absolute Gasteiger partial charge is 0.393 e. The van der Waals surface area contributed by atoms with Crippen molar-refractivity contribution in [1.82, 2.24) is 15.1 Å². The molecule has 1 fully saturated rings. The Kier molecular flexibility index (Phi) is 4.58. The van der Waals surface area contributed by atoms with Gasteiger partial charge >= 0.3 is 0 Å². The predicted octanol–water partition coefficient (Wildman–Crippen LogP) is 1.74. The molecule has 0 radical (unpaired) electrons. The predicted molar refractivity (Wildman–Crippen MR) is 72.9 cm³/mol. The standard InChI is InChI=1S/C14H23N3O2/c1-10(2)17-13(6-7-16-17)14(19)15-9-11-4-3-5-12(18)8-11/h6-7,10-12,18H,3-5,8-9H2,1-2H3,(H,15,19). The summed E-state index contributed by atoms with van der Waals surface area (Å²) < 4.78 is 1.73. The van der Waals surface area contributed by atoms with Gasteiger partial charge in [0, 0.05) is 18.8 Å². The van der Waals surface area contributed by atoms with Gasteiger partial charge in [0.2, 0.25) is 0 Å². The Morgan fingerprint density at radius 1 is 1.58 bits per heavy atom. The number of carbonyl (C=O) groups is 1. The van der Waals surface area contributed by atoms with E-state index in [0.717, 1.165) is 25.7 Å². The van der Waals surface area contributed by atoms with Crippen molar-refractivity contribution >= 4 is 5.91 Å². The van der Waals surface area contributed by atoms with Crippen LogP contribution in [0.2, 0.25) is 0 Å². The van der Waals surface area contributed by atoms with Crippen LogP contribution in [-0.4, -0.2) is 33.4 Å². The molecule has 2 unspecified atom stereocenters. The third-order valence-electron chi connectivity index (χ3n) is 3.70. The van der Waals surface area contributed by atoms with E-state index in [1.54, 1.807) is 16.9 Å². The van der Waals surface area contributed by atoms with E-state index < -0.39 is 0 Å². The SMILES string of the molecule is CC(C)n1nccc1C(=O)NCC1CCCC(O)C1. The van der Waals surface area contributed by atoms with Gasteiger partial charge in [-0.1, -0.05) is 6.42 Å². The minimum absolute atomic E-state index is 0.0775. The zero-order chi connectivity index (χ0) is 13.8. The van der Waals surface area contributed by atoms with E-state index in [2.05, 4.69) is 10.4 Å². The molecule has 0 aromatic carbocycles. The van der Waals surface area contributed by atoms with Crippen LogP contribution in [0, 0.1) is 5.92 Å². The van der Waals surface area contributed by atoms with Crippen LogP contribution in [0.15, 0.2) is 12.3 Å². The van der Waals surface area contributed by atoms with Crippen LogP contribution in [0.5, 0.6) is 0 Å². The van der Waals surface area contributed by atoms with Gasteiger partial charge in [-0.15, -0.1) is 0 Å². The number of hydrogen-bond donors (Lipinski definition) is 2. The molecular weight excluding hydrogens is 242 g/mol. The van der Waals surface area contributed by atoms with Crippen molar-refractivity contribution in [2.75, 3.05) is 6.54 Å². The first-order valence-electron chi connectivity index (χ1n) is 7.07. The maximum absolute atomic E-state index is 12.1. The van der Waals surface area contributed by atoms with Gasteiger partial charge in [-0.3, -0.25) is 9.48 Å². The molecular formula is C14H23N3O2. The van der Waals surface area contributed by atoms with Gasteiger partial charge in [0.05, 0.1) is 6.10 Å². The van der Waals surface area contributed by atoms with Gasteiger partial charge < -0.3 is 10.4 Å². The summed E-state index contributed by atoms with van der Waals surface area (Å²) in [5, 5.41) is 16.7. The van der Waals surface area contributed by atoms with Gasteiger partial charge in [0.1, 0.15) is 5.69 Å². The summed E-state index contributed by atoms with van der Waals surface area (Å²) in [6.45, 7) is 4.64. The molecule has 0 bridgehead atoms. The van der Waals surface area contributed by atoms with Crippen molar-refractivity contribution in [3.05, 3.63) is 18.0 Å². The van der Waals surface area contributed by atoms with Crippen LogP contribution in [0.4, 0.5) is 0 Å². The molecule has 2 rings (SSSR count). The molecule has 1 aromatic rings. The second kappa shape index (κ2) is 6.19. The highest BCUT2D eigenvalue weighted by atomic mass is 16.3. The number of nitrogens with one attached hydrogen (secondary N) is 1. The first kappa shape index (κ1) is 14.1. The maximum atomic E-state index is 12.1. The highest BCUT2D eigenvalue weighted by Crippen LogP contribution is 2.23. The fraction of sp³-hybridized carbons (Fsp3) is 0.714. The monoisotopic (exact) mass is 265 g/mol. The van der Waals surface area contributed by atoms with Crippen molar-refractivity contribution < 1.29 is 9.90 Å². The maximum Gasteiger partial charge on any atom is 0.269 e. The average Bonchev–Trinajstić information content (AvgIpc) is 2.85. The number of aliphatic hydroxyl groups is 1. The van der Waals surface area contributed by atoms with E-state index in [1.165, 1.54) is 0 Å². The molecule has 106 valence electrons. The van der Waals surface area contributed by atoms with Gasteiger partial charge in [-0.25, -0.2) is 0 Å². The normalized spacial score (nSPS) is 23.6. The third-order valence-corrected chi connectivity index (χ3v) is 3.70. The van der Waals surface area contributed by atoms with E-state index in [0.29, 0.717) is 18.2 Å². The van der Waals surface area contributed by atoms with E-state index in [4.69, 9.17) is 0 Å². The minimum Gasteiger partial charge on any atom is -0.393 e. The summed E-state index contributed by atoms with van der Waals surface area (Å²) in [6.07, 6.45) is 5.27. The van der Waals surface area contributed by atoms with Crippen molar-refractivity contribution in [1.29, 1.82) is 0 Å². The Labute approximate surface area is 114 Å². The fourth-order valence-electron chi connectivity index (χ4n) is 2.68. The van der Waals surface area contributed by atoms with E-state index in [9.17, 15) is 9.90 Å². The zero-order valence-electron chi connectivity index (χ0n) is 11.7. The number of rotatable bonds is 4. The summed E-state index contributed by atoms with van der Waals surface area (Å²) in [4.78, 5) is 12.1. The molecule has 2 N–H and O–H groups in total. The molecule has 0 aliphatic heterocycles. The van der Waals surface area contributed by atoms with Crippen molar-refractivity contribution in [3.8, 4) is 0 Å². The van der Waals surface area contributed by atoms with E-state index >= 15 is 0 Å². The summed E-state index contributed by atoms with van der Waals surface area (Å²) in [7, 11) is 0. The topological polar surface area (TPSA) is 67.2 Å². The Balaban J connectivity index is 1.88. The molecule has 1 aliphatic rings. The fourth-order valence-corrected chi connectivity index (χ4v) is 2.68. The first-order chi connectivity index (χ1) is 9.08. The molecule has 5 heteroatoms.